The Hall–Kier alpha value is -0.570. The van der Waals surface area contributed by atoms with Crippen molar-refractivity contribution in [3.8, 4) is 0 Å². The van der Waals surface area contributed by atoms with Crippen LogP contribution in [-0.2, 0) is 4.79 Å². The van der Waals surface area contributed by atoms with Crippen LogP contribution in [-0.4, -0.2) is 35.1 Å². The summed E-state index contributed by atoms with van der Waals surface area (Å²) in [6, 6.07) is 0.739. The zero-order valence-electron chi connectivity index (χ0n) is 10.9. The monoisotopic (exact) mass is 239 g/mol. The van der Waals surface area contributed by atoms with Crippen LogP contribution in [0.4, 0.5) is 0 Å². The first-order chi connectivity index (χ1) is 8.15. The Labute approximate surface area is 104 Å². The van der Waals surface area contributed by atoms with Crippen molar-refractivity contribution in [3.63, 3.8) is 0 Å². The summed E-state index contributed by atoms with van der Waals surface area (Å²) in [5, 5.41) is 8.88. The summed E-state index contributed by atoms with van der Waals surface area (Å²) in [6.07, 6.45) is 7.99. The van der Waals surface area contributed by atoms with Crippen LogP contribution in [0.3, 0.4) is 0 Å². The Morgan fingerprint density at radius 2 is 1.94 bits per heavy atom. The molecule has 1 heterocycles. The van der Waals surface area contributed by atoms with Gasteiger partial charge in [0, 0.05) is 19.0 Å². The maximum atomic E-state index is 10.8. The number of carboxylic acid groups (broad SMARTS) is 1. The molecule has 3 heteroatoms. The Morgan fingerprint density at radius 1 is 1.24 bits per heavy atom. The molecule has 2 aliphatic rings. The van der Waals surface area contributed by atoms with Gasteiger partial charge in [0.1, 0.15) is 0 Å². The number of hydrogen-bond acceptors (Lipinski definition) is 2. The van der Waals surface area contributed by atoms with Gasteiger partial charge in [-0.25, -0.2) is 0 Å². The van der Waals surface area contributed by atoms with Crippen LogP contribution in [0.1, 0.15) is 51.9 Å². The maximum Gasteiger partial charge on any atom is 0.303 e. The highest BCUT2D eigenvalue weighted by molar-refractivity contribution is 5.67. The van der Waals surface area contributed by atoms with Crippen molar-refractivity contribution in [1.82, 2.24) is 4.90 Å². The smallest absolute Gasteiger partial charge is 0.303 e. The van der Waals surface area contributed by atoms with Gasteiger partial charge in [-0.1, -0.05) is 6.92 Å². The van der Waals surface area contributed by atoms with Gasteiger partial charge in [0.2, 0.25) is 0 Å². The SMILES string of the molecule is CC1CCC(N2CCCC(CC(=O)O)C2)CC1. The van der Waals surface area contributed by atoms with E-state index in [1.54, 1.807) is 0 Å². The van der Waals surface area contributed by atoms with E-state index in [2.05, 4.69) is 11.8 Å². The zero-order chi connectivity index (χ0) is 12.3. The van der Waals surface area contributed by atoms with Crippen molar-refractivity contribution >= 4 is 5.97 Å². The van der Waals surface area contributed by atoms with Gasteiger partial charge in [-0.15, -0.1) is 0 Å². The number of likely N-dealkylation sites (tertiary alicyclic amines) is 1. The second-order valence-corrected chi connectivity index (χ2v) is 6.01. The summed E-state index contributed by atoms with van der Waals surface area (Å²) in [6.45, 7) is 4.56. The molecule has 1 unspecified atom stereocenters. The molecule has 0 bridgehead atoms. The molecule has 0 aromatic heterocycles. The summed E-state index contributed by atoms with van der Waals surface area (Å²) in [5.41, 5.74) is 0. The summed E-state index contributed by atoms with van der Waals surface area (Å²) < 4.78 is 0. The third kappa shape index (κ3) is 3.70. The van der Waals surface area contributed by atoms with Gasteiger partial charge in [-0.3, -0.25) is 4.79 Å². The minimum atomic E-state index is -0.630. The van der Waals surface area contributed by atoms with Gasteiger partial charge in [-0.05, 0) is 56.9 Å². The number of piperidine rings is 1. The van der Waals surface area contributed by atoms with Crippen molar-refractivity contribution in [2.75, 3.05) is 13.1 Å². The summed E-state index contributed by atoms with van der Waals surface area (Å²) >= 11 is 0. The Bertz CT molecular complexity index is 259. The van der Waals surface area contributed by atoms with Crippen molar-refractivity contribution < 1.29 is 9.90 Å². The van der Waals surface area contributed by atoms with E-state index in [4.69, 9.17) is 5.11 Å². The summed E-state index contributed by atoms with van der Waals surface area (Å²) in [4.78, 5) is 13.3. The lowest BCUT2D eigenvalue weighted by atomic mass is 9.84. The molecular formula is C14H25NO2. The second-order valence-electron chi connectivity index (χ2n) is 6.01. The van der Waals surface area contributed by atoms with E-state index in [0.717, 1.165) is 24.9 Å². The van der Waals surface area contributed by atoms with Crippen LogP contribution in [0.15, 0.2) is 0 Å². The lowest BCUT2D eigenvalue weighted by molar-refractivity contribution is -0.138. The third-order valence-electron chi connectivity index (χ3n) is 4.52. The summed E-state index contributed by atoms with van der Waals surface area (Å²) in [7, 11) is 0. The van der Waals surface area contributed by atoms with Gasteiger partial charge in [0.15, 0.2) is 0 Å². The molecule has 1 aliphatic heterocycles. The first kappa shape index (κ1) is 12.9. The lowest BCUT2D eigenvalue weighted by Crippen LogP contribution is -2.44. The van der Waals surface area contributed by atoms with Crippen LogP contribution in [0.25, 0.3) is 0 Å². The zero-order valence-corrected chi connectivity index (χ0v) is 10.9. The average molecular weight is 239 g/mol. The molecule has 0 spiro atoms. The molecule has 98 valence electrons. The van der Waals surface area contributed by atoms with Gasteiger partial charge in [0.05, 0.1) is 0 Å². The molecule has 1 N–H and O–H groups in total. The molecular weight excluding hydrogens is 214 g/mol. The number of aliphatic carboxylic acids is 1. The van der Waals surface area contributed by atoms with Gasteiger partial charge >= 0.3 is 5.97 Å². The molecule has 0 amide bonds. The van der Waals surface area contributed by atoms with Crippen LogP contribution in [0.5, 0.6) is 0 Å². The lowest BCUT2D eigenvalue weighted by Gasteiger charge is -2.40. The molecule has 0 aromatic rings. The number of carbonyl (C=O) groups is 1. The summed E-state index contributed by atoms with van der Waals surface area (Å²) in [5.74, 6) is 0.653. The topological polar surface area (TPSA) is 40.5 Å². The van der Waals surface area contributed by atoms with Crippen LogP contribution >= 0.6 is 0 Å². The van der Waals surface area contributed by atoms with E-state index >= 15 is 0 Å². The molecule has 0 radical (unpaired) electrons. The van der Waals surface area contributed by atoms with Crippen molar-refractivity contribution in [2.45, 2.75) is 57.9 Å². The first-order valence-corrected chi connectivity index (χ1v) is 7.11. The first-order valence-electron chi connectivity index (χ1n) is 7.11. The number of hydrogen-bond donors (Lipinski definition) is 1. The standard InChI is InChI=1S/C14H25NO2/c1-11-4-6-13(7-5-11)15-8-2-3-12(10-15)9-14(16)17/h11-13H,2-10H2,1H3,(H,16,17). The van der Waals surface area contributed by atoms with Gasteiger partial charge in [-0.2, -0.15) is 0 Å². The molecule has 1 saturated heterocycles. The van der Waals surface area contributed by atoms with E-state index < -0.39 is 5.97 Å². The van der Waals surface area contributed by atoms with Crippen LogP contribution < -0.4 is 0 Å². The highest BCUT2D eigenvalue weighted by Gasteiger charge is 2.29. The molecule has 2 rings (SSSR count). The van der Waals surface area contributed by atoms with Crippen LogP contribution in [0, 0.1) is 11.8 Å². The molecule has 1 saturated carbocycles. The van der Waals surface area contributed by atoms with Crippen molar-refractivity contribution in [1.29, 1.82) is 0 Å². The fraction of sp³-hybridized carbons (Fsp3) is 0.929. The molecule has 0 aromatic carbocycles. The maximum absolute atomic E-state index is 10.8. The fourth-order valence-corrected chi connectivity index (χ4v) is 3.45. The number of rotatable bonds is 3. The Kier molecular flexibility index (Phi) is 4.43. The molecule has 1 atom stereocenters. The van der Waals surface area contributed by atoms with E-state index in [9.17, 15) is 4.79 Å². The highest BCUT2D eigenvalue weighted by atomic mass is 16.4. The predicted octanol–water partition coefficient (Wildman–Crippen LogP) is 2.75. The molecule has 17 heavy (non-hydrogen) atoms. The Balaban J connectivity index is 1.82. The largest absolute Gasteiger partial charge is 0.481 e. The van der Waals surface area contributed by atoms with E-state index in [0.29, 0.717) is 12.3 Å². The number of carboxylic acids is 1. The van der Waals surface area contributed by atoms with Gasteiger partial charge in [0.25, 0.3) is 0 Å². The van der Waals surface area contributed by atoms with E-state index in [1.165, 1.54) is 38.6 Å². The fourth-order valence-electron chi connectivity index (χ4n) is 3.45. The highest BCUT2D eigenvalue weighted by Crippen LogP contribution is 2.30. The average Bonchev–Trinajstić information content (AvgIpc) is 2.29. The van der Waals surface area contributed by atoms with E-state index in [-0.39, 0.29) is 0 Å². The molecule has 1 aliphatic carbocycles. The normalized spacial score (nSPS) is 35.7. The second kappa shape index (κ2) is 5.85. The van der Waals surface area contributed by atoms with Crippen LogP contribution in [0.2, 0.25) is 0 Å². The third-order valence-corrected chi connectivity index (χ3v) is 4.52. The minimum Gasteiger partial charge on any atom is -0.481 e. The Morgan fingerprint density at radius 3 is 2.59 bits per heavy atom. The van der Waals surface area contributed by atoms with Crippen molar-refractivity contribution in [3.05, 3.63) is 0 Å². The van der Waals surface area contributed by atoms with Gasteiger partial charge < -0.3 is 10.0 Å². The molecule has 3 nitrogen and oxygen atoms in total. The number of nitrogens with zero attached hydrogens (tertiary/aromatic N) is 1. The predicted molar refractivity (Wildman–Crippen MR) is 68.0 cm³/mol. The van der Waals surface area contributed by atoms with E-state index in [1.807, 2.05) is 0 Å². The minimum absolute atomic E-state index is 0.361. The quantitative estimate of drug-likeness (QED) is 0.823. The molecule has 2 fully saturated rings. The van der Waals surface area contributed by atoms with Crippen molar-refractivity contribution in [2.24, 2.45) is 11.8 Å².